The number of amides is 3. The molecule has 0 radical (unpaired) electrons. The van der Waals surface area contributed by atoms with Crippen LogP contribution in [-0.4, -0.2) is 53.8 Å². The standard InChI is InChI=1S/C21H20N2O5S/c1-28-21(27)13-7-9-14(10-8-13)22-18(24)17(11-12-29-2)23-19(25)15-5-3-4-6-16(15)20(23)26/h3-10,17H,11-12H2,1-2H3,(H,22,24)/t17-/m0/s1. The molecular formula is C21H20N2O5S. The van der Waals surface area contributed by atoms with Crippen molar-refractivity contribution in [3.63, 3.8) is 0 Å². The predicted octanol–water partition coefficient (Wildman–Crippen LogP) is 2.83. The van der Waals surface area contributed by atoms with Gasteiger partial charge >= 0.3 is 5.97 Å². The van der Waals surface area contributed by atoms with Gasteiger partial charge in [0.25, 0.3) is 11.8 Å². The predicted molar refractivity (Wildman–Crippen MR) is 110 cm³/mol. The van der Waals surface area contributed by atoms with Crippen molar-refractivity contribution in [2.24, 2.45) is 0 Å². The molecule has 0 aliphatic carbocycles. The number of rotatable bonds is 7. The number of thioether (sulfide) groups is 1. The molecule has 1 N–H and O–H groups in total. The van der Waals surface area contributed by atoms with Crippen LogP contribution in [0.3, 0.4) is 0 Å². The third-order valence-electron chi connectivity index (χ3n) is 4.61. The Morgan fingerprint density at radius 3 is 2.14 bits per heavy atom. The average Bonchev–Trinajstić information content (AvgIpc) is 2.99. The van der Waals surface area contributed by atoms with E-state index < -0.39 is 29.7 Å². The second-order valence-electron chi connectivity index (χ2n) is 6.38. The first-order chi connectivity index (χ1) is 14.0. The lowest BCUT2D eigenvalue weighted by Gasteiger charge is -2.25. The molecule has 1 aliphatic rings. The van der Waals surface area contributed by atoms with Crippen molar-refractivity contribution < 1.29 is 23.9 Å². The molecule has 0 spiro atoms. The zero-order valence-corrected chi connectivity index (χ0v) is 16.8. The van der Waals surface area contributed by atoms with Gasteiger partial charge < -0.3 is 10.1 Å². The molecule has 0 fully saturated rings. The number of nitrogens with zero attached hydrogens (tertiary/aromatic N) is 1. The molecule has 1 aliphatic heterocycles. The molecule has 2 aromatic carbocycles. The van der Waals surface area contributed by atoms with Gasteiger partial charge in [-0.3, -0.25) is 19.3 Å². The Balaban J connectivity index is 1.82. The summed E-state index contributed by atoms with van der Waals surface area (Å²) in [5, 5.41) is 2.73. The van der Waals surface area contributed by atoms with Crippen molar-refractivity contribution in [3.8, 4) is 0 Å². The third kappa shape index (κ3) is 4.17. The van der Waals surface area contributed by atoms with Gasteiger partial charge in [-0.2, -0.15) is 11.8 Å². The molecule has 7 nitrogen and oxygen atoms in total. The van der Waals surface area contributed by atoms with Crippen molar-refractivity contribution in [2.75, 3.05) is 24.4 Å². The summed E-state index contributed by atoms with van der Waals surface area (Å²) in [7, 11) is 1.29. The maximum absolute atomic E-state index is 13.0. The molecule has 3 rings (SSSR count). The molecule has 2 aromatic rings. The SMILES string of the molecule is COC(=O)c1ccc(NC(=O)[C@H](CCSC)N2C(=O)c3ccccc3C2=O)cc1. The summed E-state index contributed by atoms with van der Waals surface area (Å²) in [5.41, 5.74) is 1.42. The second kappa shape index (κ2) is 8.91. The number of nitrogens with one attached hydrogen (secondary N) is 1. The minimum Gasteiger partial charge on any atom is -0.465 e. The Labute approximate surface area is 172 Å². The lowest BCUT2D eigenvalue weighted by Crippen LogP contribution is -2.47. The van der Waals surface area contributed by atoms with E-state index in [-0.39, 0.29) is 0 Å². The molecule has 0 saturated heterocycles. The topological polar surface area (TPSA) is 92.8 Å². The number of methoxy groups -OCH3 is 1. The Morgan fingerprint density at radius 2 is 1.62 bits per heavy atom. The minimum absolute atomic E-state index is 0.307. The largest absolute Gasteiger partial charge is 0.465 e. The third-order valence-corrected chi connectivity index (χ3v) is 5.25. The van der Waals surface area contributed by atoms with E-state index in [2.05, 4.69) is 10.1 Å². The molecule has 3 amide bonds. The molecule has 1 heterocycles. The quantitative estimate of drug-likeness (QED) is 0.555. The van der Waals surface area contributed by atoms with E-state index in [0.29, 0.717) is 34.6 Å². The number of carbonyl (C=O) groups is 4. The van der Waals surface area contributed by atoms with Gasteiger partial charge in [-0.15, -0.1) is 0 Å². The average molecular weight is 412 g/mol. The summed E-state index contributed by atoms with van der Waals surface area (Å²) >= 11 is 1.53. The first-order valence-electron chi connectivity index (χ1n) is 8.93. The van der Waals surface area contributed by atoms with Crippen LogP contribution >= 0.6 is 11.8 Å². The zero-order valence-electron chi connectivity index (χ0n) is 16.0. The van der Waals surface area contributed by atoms with Crippen molar-refractivity contribution in [3.05, 3.63) is 65.2 Å². The van der Waals surface area contributed by atoms with Gasteiger partial charge in [-0.25, -0.2) is 4.79 Å². The molecule has 1 atom stereocenters. The zero-order chi connectivity index (χ0) is 21.0. The van der Waals surface area contributed by atoms with Crippen LogP contribution in [0.1, 0.15) is 37.5 Å². The number of imide groups is 1. The number of carbonyl (C=O) groups excluding carboxylic acids is 4. The highest BCUT2D eigenvalue weighted by Gasteiger charge is 2.42. The van der Waals surface area contributed by atoms with Gasteiger partial charge in [-0.1, -0.05) is 12.1 Å². The van der Waals surface area contributed by atoms with Crippen LogP contribution in [0, 0.1) is 0 Å². The molecule has 29 heavy (non-hydrogen) atoms. The summed E-state index contributed by atoms with van der Waals surface area (Å²) in [5.74, 6) is -1.26. The number of hydrogen-bond acceptors (Lipinski definition) is 6. The lowest BCUT2D eigenvalue weighted by molar-refractivity contribution is -0.120. The fraction of sp³-hybridized carbons (Fsp3) is 0.238. The first kappa shape index (κ1) is 20.6. The molecule has 0 unspecified atom stereocenters. The smallest absolute Gasteiger partial charge is 0.337 e. The van der Waals surface area contributed by atoms with E-state index >= 15 is 0 Å². The van der Waals surface area contributed by atoms with Crippen LogP contribution in [0.2, 0.25) is 0 Å². The monoisotopic (exact) mass is 412 g/mol. The number of benzene rings is 2. The normalized spacial score (nSPS) is 13.8. The second-order valence-corrected chi connectivity index (χ2v) is 7.37. The number of anilines is 1. The van der Waals surface area contributed by atoms with E-state index in [4.69, 9.17) is 0 Å². The number of hydrogen-bond donors (Lipinski definition) is 1. The highest BCUT2D eigenvalue weighted by molar-refractivity contribution is 7.98. The van der Waals surface area contributed by atoms with E-state index in [0.717, 1.165) is 4.90 Å². The highest BCUT2D eigenvalue weighted by atomic mass is 32.2. The van der Waals surface area contributed by atoms with Gasteiger partial charge in [0.15, 0.2) is 0 Å². The molecule has 0 aromatic heterocycles. The Morgan fingerprint density at radius 1 is 1.03 bits per heavy atom. The van der Waals surface area contributed by atoms with Gasteiger partial charge in [0, 0.05) is 5.69 Å². The Hall–Kier alpha value is -3.13. The summed E-state index contributed by atoms with van der Waals surface area (Å²) in [6, 6.07) is 11.8. The van der Waals surface area contributed by atoms with E-state index in [1.807, 2.05) is 6.26 Å². The Kier molecular flexibility index (Phi) is 6.33. The van der Waals surface area contributed by atoms with Crippen LogP contribution in [0.4, 0.5) is 5.69 Å². The van der Waals surface area contributed by atoms with Gasteiger partial charge in [-0.05, 0) is 54.8 Å². The maximum atomic E-state index is 13.0. The van der Waals surface area contributed by atoms with Gasteiger partial charge in [0.05, 0.1) is 23.8 Å². The molecule has 0 saturated carbocycles. The summed E-state index contributed by atoms with van der Waals surface area (Å²) in [6.45, 7) is 0. The van der Waals surface area contributed by atoms with E-state index in [9.17, 15) is 19.2 Å². The number of fused-ring (bicyclic) bond motifs is 1. The van der Waals surface area contributed by atoms with Gasteiger partial charge in [0.1, 0.15) is 6.04 Å². The van der Waals surface area contributed by atoms with Crippen LogP contribution < -0.4 is 5.32 Å². The van der Waals surface area contributed by atoms with Crippen molar-refractivity contribution in [1.82, 2.24) is 4.90 Å². The summed E-state index contributed by atoms with van der Waals surface area (Å²) in [4.78, 5) is 51.1. The lowest BCUT2D eigenvalue weighted by atomic mass is 10.1. The van der Waals surface area contributed by atoms with Crippen molar-refractivity contribution in [1.29, 1.82) is 0 Å². The van der Waals surface area contributed by atoms with Crippen molar-refractivity contribution >= 4 is 41.1 Å². The van der Waals surface area contributed by atoms with Crippen LogP contribution in [0.15, 0.2) is 48.5 Å². The van der Waals surface area contributed by atoms with E-state index in [1.54, 1.807) is 36.4 Å². The van der Waals surface area contributed by atoms with Crippen molar-refractivity contribution in [2.45, 2.75) is 12.5 Å². The maximum Gasteiger partial charge on any atom is 0.337 e. The molecule has 8 heteroatoms. The minimum atomic E-state index is -0.935. The van der Waals surface area contributed by atoms with Crippen LogP contribution in [0.5, 0.6) is 0 Å². The molecular weight excluding hydrogens is 392 g/mol. The Bertz CT molecular complexity index is 923. The first-order valence-corrected chi connectivity index (χ1v) is 10.3. The summed E-state index contributed by atoms with van der Waals surface area (Å²) < 4.78 is 4.65. The highest BCUT2D eigenvalue weighted by Crippen LogP contribution is 2.26. The van der Waals surface area contributed by atoms with Gasteiger partial charge in [0.2, 0.25) is 5.91 Å². The number of esters is 1. The fourth-order valence-electron chi connectivity index (χ4n) is 3.13. The van der Waals surface area contributed by atoms with Crippen LogP contribution in [-0.2, 0) is 9.53 Å². The van der Waals surface area contributed by atoms with Crippen LogP contribution in [0.25, 0.3) is 0 Å². The molecule has 0 bridgehead atoms. The fourth-order valence-corrected chi connectivity index (χ4v) is 3.59. The van der Waals surface area contributed by atoms with E-state index in [1.165, 1.54) is 31.0 Å². The molecule has 150 valence electrons. The number of ether oxygens (including phenoxy) is 1. The summed E-state index contributed by atoms with van der Waals surface area (Å²) in [6.07, 6.45) is 2.22.